The largest absolute Gasteiger partial charge is 0.330 e. The Morgan fingerprint density at radius 1 is 1.41 bits per heavy atom. The van der Waals surface area contributed by atoms with Crippen molar-refractivity contribution in [2.45, 2.75) is 19.3 Å². The molecule has 1 aliphatic carbocycles. The standard InChI is InChI=1S/C12H14N4S/c13-4-8-1-2-10-9(3-8)5-14-12(16-10)11-6-17-7-15-11/h5-8H,1-4,13H2. The second kappa shape index (κ2) is 4.50. The molecule has 0 radical (unpaired) electrons. The van der Waals surface area contributed by atoms with E-state index in [1.165, 1.54) is 11.3 Å². The van der Waals surface area contributed by atoms with Gasteiger partial charge in [-0.15, -0.1) is 11.3 Å². The molecule has 0 aromatic carbocycles. The predicted octanol–water partition coefficient (Wildman–Crippen LogP) is 1.66. The van der Waals surface area contributed by atoms with Crippen molar-refractivity contribution < 1.29 is 0 Å². The lowest BCUT2D eigenvalue weighted by Crippen LogP contribution is -2.23. The van der Waals surface area contributed by atoms with Crippen LogP contribution in [0.3, 0.4) is 0 Å². The molecule has 5 heteroatoms. The van der Waals surface area contributed by atoms with Gasteiger partial charge in [0, 0.05) is 17.3 Å². The number of hydrogen-bond acceptors (Lipinski definition) is 5. The van der Waals surface area contributed by atoms with Crippen LogP contribution in [-0.2, 0) is 12.8 Å². The molecule has 0 saturated heterocycles. The summed E-state index contributed by atoms with van der Waals surface area (Å²) in [5, 5.41) is 1.98. The lowest BCUT2D eigenvalue weighted by molar-refractivity contribution is 0.462. The smallest absolute Gasteiger partial charge is 0.179 e. The average molecular weight is 246 g/mol. The van der Waals surface area contributed by atoms with E-state index in [1.807, 2.05) is 17.1 Å². The Bertz CT molecular complexity index is 509. The molecular formula is C12H14N4S. The first-order valence-corrected chi connectivity index (χ1v) is 6.74. The van der Waals surface area contributed by atoms with Crippen LogP contribution in [0.1, 0.15) is 17.7 Å². The summed E-state index contributed by atoms with van der Waals surface area (Å²) in [4.78, 5) is 13.3. The number of fused-ring (bicyclic) bond motifs is 1. The van der Waals surface area contributed by atoms with E-state index in [2.05, 4.69) is 15.0 Å². The van der Waals surface area contributed by atoms with E-state index < -0.39 is 0 Å². The summed E-state index contributed by atoms with van der Waals surface area (Å²) in [5.74, 6) is 1.34. The molecule has 2 N–H and O–H groups in total. The lowest BCUT2D eigenvalue weighted by Gasteiger charge is -2.22. The summed E-state index contributed by atoms with van der Waals surface area (Å²) in [6.45, 7) is 0.757. The molecule has 1 aliphatic rings. The van der Waals surface area contributed by atoms with Crippen molar-refractivity contribution in [2.24, 2.45) is 11.7 Å². The summed E-state index contributed by atoms with van der Waals surface area (Å²) < 4.78 is 0. The maximum absolute atomic E-state index is 5.72. The summed E-state index contributed by atoms with van der Waals surface area (Å²) in [7, 11) is 0. The van der Waals surface area contributed by atoms with Gasteiger partial charge in [-0.25, -0.2) is 15.0 Å². The first kappa shape index (κ1) is 10.8. The molecule has 3 rings (SSSR count). The van der Waals surface area contributed by atoms with Crippen molar-refractivity contribution in [3.8, 4) is 11.5 Å². The van der Waals surface area contributed by atoms with Gasteiger partial charge in [0.25, 0.3) is 0 Å². The fourth-order valence-corrected chi connectivity index (χ4v) is 2.76. The molecule has 2 aromatic heterocycles. The quantitative estimate of drug-likeness (QED) is 0.875. The van der Waals surface area contributed by atoms with Crippen molar-refractivity contribution in [3.63, 3.8) is 0 Å². The van der Waals surface area contributed by atoms with Crippen molar-refractivity contribution in [3.05, 3.63) is 28.3 Å². The summed E-state index contributed by atoms with van der Waals surface area (Å²) in [5.41, 5.74) is 10.8. The van der Waals surface area contributed by atoms with Gasteiger partial charge in [-0.05, 0) is 37.3 Å². The molecule has 4 nitrogen and oxygen atoms in total. The Labute approximate surface area is 104 Å². The topological polar surface area (TPSA) is 64.7 Å². The van der Waals surface area contributed by atoms with Gasteiger partial charge in [0.05, 0.1) is 5.51 Å². The fourth-order valence-electron chi connectivity index (χ4n) is 2.23. The van der Waals surface area contributed by atoms with E-state index >= 15 is 0 Å². The molecule has 0 fully saturated rings. The zero-order valence-corrected chi connectivity index (χ0v) is 10.3. The van der Waals surface area contributed by atoms with E-state index in [0.717, 1.165) is 37.3 Å². The Morgan fingerprint density at radius 2 is 2.35 bits per heavy atom. The highest BCUT2D eigenvalue weighted by Gasteiger charge is 2.19. The Kier molecular flexibility index (Phi) is 2.86. The molecule has 1 unspecified atom stereocenters. The molecular weight excluding hydrogens is 232 g/mol. The van der Waals surface area contributed by atoms with Gasteiger partial charge in [0.2, 0.25) is 0 Å². The number of rotatable bonds is 2. The van der Waals surface area contributed by atoms with Crippen LogP contribution < -0.4 is 5.73 Å². The Balaban J connectivity index is 1.93. The van der Waals surface area contributed by atoms with Crippen LogP contribution >= 0.6 is 11.3 Å². The van der Waals surface area contributed by atoms with Crippen molar-refractivity contribution in [2.75, 3.05) is 6.54 Å². The van der Waals surface area contributed by atoms with Crippen LogP contribution in [0.25, 0.3) is 11.5 Å². The molecule has 17 heavy (non-hydrogen) atoms. The molecule has 0 saturated carbocycles. The number of aromatic nitrogens is 3. The summed E-state index contributed by atoms with van der Waals surface area (Å²) >= 11 is 1.57. The summed E-state index contributed by atoms with van der Waals surface area (Å²) in [6.07, 6.45) is 5.11. The van der Waals surface area contributed by atoms with E-state index in [-0.39, 0.29) is 0 Å². The SMILES string of the molecule is NCC1CCc2nc(-c3cscn3)ncc2C1. The average Bonchev–Trinajstić information content (AvgIpc) is 2.91. The lowest BCUT2D eigenvalue weighted by atomic mass is 9.87. The minimum atomic E-state index is 0.594. The molecule has 0 spiro atoms. The highest BCUT2D eigenvalue weighted by molar-refractivity contribution is 7.07. The third-order valence-corrected chi connectivity index (χ3v) is 3.83. The van der Waals surface area contributed by atoms with Gasteiger partial charge in [0.1, 0.15) is 5.69 Å². The van der Waals surface area contributed by atoms with Gasteiger partial charge in [-0.3, -0.25) is 0 Å². The van der Waals surface area contributed by atoms with Crippen LogP contribution in [0.4, 0.5) is 0 Å². The van der Waals surface area contributed by atoms with Gasteiger partial charge in [0.15, 0.2) is 5.82 Å². The number of nitrogens with two attached hydrogens (primary N) is 1. The van der Waals surface area contributed by atoms with Crippen LogP contribution in [0.15, 0.2) is 17.1 Å². The molecule has 1 atom stereocenters. The second-order valence-electron chi connectivity index (χ2n) is 4.38. The number of hydrogen-bond donors (Lipinski definition) is 1. The monoisotopic (exact) mass is 246 g/mol. The van der Waals surface area contributed by atoms with E-state index in [1.54, 1.807) is 11.3 Å². The predicted molar refractivity (Wildman–Crippen MR) is 67.7 cm³/mol. The molecule has 0 aliphatic heterocycles. The van der Waals surface area contributed by atoms with Gasteiger partial charge in [-0.2, -0.15) is 0 Å². The minimum Gasteiger partial charge on any atom is -0.330 e. The minimum absolute atomic E-state index is 0.594. The third-order valence-electron chi connectivity index (χ3n) is 3.25. The van der Waals surface area contributed by atoms with Crippen LogP contribution in [0.5, 0.6) is 0 Å². The summed E-state index contributed by atoms with van der Waals surface area (Å²) in [6, 6.07) is 0. The number of nitrogens with zero attached hydrogens (tertiary/aromatic N) is 3. The molecule has 0 bridgehead atoms. The first-order chi connectivity index (χ1) is 8.36. The molecule has 88 valence electrons. The highest BCUT2D eigenvalue weighted by atomic mass is 32.1. The second-order valence-corrected chi connectivity index (χ2v) is 5.10. The van der Waals surface area contributed by atoms with Crippen LogP contribution in [0, 0.1) is 5.92 Å². The maximum Gasteiger partial charge on any atom is 0.179 e. The Hall–Kier alpha value is -1.33. The van der Waals surface area contributed by atoms with Gasteiger partial charge < -0.3 is 5.73 Å². The zero-order chi connectivity index (χ0) is 11.7. The normalized spacial score (nSPS) is 19.0. The van der Waals surface area contributed by atoms with E-state index in [9.17, 15) is 0 Å². The van der Waals surface area contributed by atoms with Crippen molar-refractivity contribution >= 4 is 11.3 Å². The van der Waals surface area contributed by atoms with Crippen molar-refractivity contribution in [1.29, 1.82) is 0 Å². The third kappa shape index (κ3) is 2.08. The zero-order valence-electron chi connectivity index (χ0n) is 9.47. The number of aryl methyl sites for hydroxylation is 1. The first-order valence-electron chi connectivity index (χ1n) is 5.80. The van der Waals surface area contributed by atoms with Crippen molar-refractivity contribution in [1.82, 2.24) is 15.0 Å². The number of thiazole rings is 1. The van der Waals surface area contributed by atoms with Gasteiger partial charge in [-0.1, -0.05) is 0 Å². The molecule has 2 aromatic rings. The maximum atomic E-state index is 5.72. The molecule has 2 heterocycles. The van der Waals surface area contributed by atoms with Crippen LogP contribution in [-0.4, -0.2) is 21.5 Å². The fraction of sp³-hybridized carbons (Fsp3) is 0.417. The van der Waals surface area contributed by atoms with E-state index in [4.69, 9.17) is 5.73 Å². The molecule has 0 amide bonds. The van der Waals surface area contributed by atoms with Gasteiger partial charge >= 0.3 is 0 Å². The highest BCUT2D eigenvalue weighted by Crippen LogP contribution is 2.25. The van der Waals surface area contributed by atoms with Crippen LogP contribution in [0.2, 0.25) is 0 Å². The van der Waals surface area contributed by atoms with E-state index in [0.29, 0.717) is 5.92 Å². The Morgan fingerprint density at radius 3 is 3.12 bits per heavy atom.